The van der Waals surface area contributed by atoms with Crippen molar-refractivity contribution in [1.82, 2.24) is 0 Å². The number of thiol groups is 1. The number of aromatic hydroxyl groups is 1. The van der Waals surface area contributed by atoms with Gasteiger partial charge < -0.3 is 5.11 Å². The van der Waals surface area contributed by atoms with Gasteiger partial charge in [0.05, 0.1) is 5.75 Å². The second-order valence-electron chi connectivity index (χ2n) is 2.25. The van der Waals surface area contributed by atoms with E-state index in [1.54, 1.807) is 0 Å². The first-order chi connectivity index (χ1) is 6.15. The maximum atomic E-state index is 12.7. The van der Waals surface area contributed by atoms with Crippen LogP contribution in [-0.2, 0) is 0 Å². The molecular formula is C9H6F2OS. The molecule has 0 saturated heterocycles. The first-order valence-electron chi connectivity index (χ1n) is 3.43. The molecule has 13 heavy (non-hydrogen) atoms. The van der Waals surface area contributed by atoms with Gasteiger partial charge in [-0.2, -0.15) is 12.6 Å². The zero-order chi connectivity index (χ0) is 9.84. The number of halogens is 2. The summed E-state index contributed by atoms with van der Waals surface area (Å²) in [7, 11) is 0. The molecule has 0 amide bonds. The number of benzene rings is 1. The van der Waals surface area contributed by atoms with Crippen molar-refractivity contribution < 1.29 is 13.9 Å². The summed E-state index contributed by atoms with van der Waals surface area (Å²) in [6, 6.07) is 1.93. The number of phenols is 1. The molecule has 0 spiro atoms. The number of phenolic OH excluding ortho intramolecular Hbond substituents is 1. The lowest BCUT2D eigenvalue weighted by molar-refractivity contribution is 0.396. The van der Waals surface area contributed by atoms with E-state index >= 15 is 0 Å². The lowest BCUT2D eigenvalue weighted by Crippen LogP contribution is -1.85. The molecule has 0 radical (unpaired) electrons. The van der Waals surface area contributed by atoms with E-state index in [0.29, 0.717) is 5.75 Å². The monoisotopic (exact) mass is 200 g/mol. The smallest absolute Gasteiger partial charge is 0.187 e. The third-order valence-corrected chi connectivity index (χ3v) is 1.49. The molecule has 0 saturated carbocycles. The fourth-order valence-corrected chi connectivity index (χ4v) is 0.858. The molecule has 4 heteroatoms. The summed E-state index contributed by atoms with van der Waals surface area (Å²) in [6.45, 7) is 0. The van der Waals surface area contributed by atoms with Gasteiger partial charge in [0.15, 0.2) is 17.4 Å². The van der Waals surface area contributed by atoms with Gasteiger partial charge in [-0.15, -0.1) is 0 Å². The van der Waals surface area contributed by atoms with Crippen LogP contribution in [-0.4, -0.2) is 10.9 Å². The maximum absolute atomic E-state index is 12.7. The van der Waals surface area contributed by atoms with E-state index in [2.05, 4.69) is 24.5 Å². The van der Waals surface area contributed by atoms with E-state index in [4.69, 9.17) is 5.11 Å². The molecule has 1 rings (SSSR count). The van der Waals surface area contributed by atoms with Gasteiger partial charge >= 0.3 is 0 Å². The van der Waals surface area contributed by atoms with Crippen molar-refractivity contribution in [3.8, 4) is 17.6 Å². The van der Waals surface area contributed by atoms with E-state index in [-0.39, 0.29) is 5.56 Å². The number of hydrogen-bond acceptors (Lipinski definition) is 2. The molecule has 0 heterocycles. The largest absolute Gasteiger partial charge is 0.503 e. The molecule has 1 N–H and O–H groups in total. The predicted octanol–water partition coefficient (Wildman–Crippen LogP) is 1.95. The highest BCUT2D eigenvalue weighted by Gasteiger charge is 2.07. The van der Waals surface area contributed by atoms with Gasteiger partial charge in [0.25, 0.3) is 0 Å². The number of rotatable bonds is 0. The van der Waals surface area contributed by atoms with E-state index in [0.717, 1.165) is 12.1 Å². The lowest BCUT2D eigenvalue weighted by atomic mass is 10.2. The van der Waals surface area contributed by atoms with Crippen LogP contribution in [0, 0.1) is 23.5 Å². The van der Waals surface area contributed by atoms with Crippen LogP contribution in [0.3, 0.4) is 0 Å². The van der Waals surface area contributed by atoms with Crippen LogP contribution in [0.15, 0.2) is 12.1 Å². The Bertz CT molecular complexity index is 356. The lowest BCUT2D eigenvalue weighted by Gasteiger charge is -1.97. The minimum atomic E-state index is -1.01. The van der Waals surface area contributed by atoms with Gasteiger partial charge in [-0.25, -0.2) is 8.78 Å². The Labute approximate surface area is 79.8 Å². The van der Waals surface area contributed by atoms with Crippen LogP contribution >= 0.6 is 12.6 Å². The minimum Gasteiger partial charge on any atom is -0.503 e. The molecule has 0 aliphatic carbocycles. The third-order valence-electron chi connectivity index (χ3n) is 1.33. The van der Waals surface area contributed by atoms with Crippen molar-refractivity contribution in [2.24, 2.45) is 0 Å². The van der Waals surface area contributed by atoms with Crippen molar-refractivity contribution in [2.45, 2.75) is 0 Å². The second-order valence-corrected chi connectivity index (χ2v) is 2.56. The fraction of sp³-hybridized carbons (Fsp3) is 0.111. The summed E-state index contributed by atoms with van der Waals surface area (Å²) in [5.41, 5.74) is 0.182. The zero-order valence-corrected chi connectivity index (χ0v) is 7.41. The summed E-state index contributed by atoms with van der Waals surface area (Å²) in [4.78, 5) is 0. The Morgan fingerprint density at radius 2 is 1.85 bits per heavy atom. The average Bonchev–Trinajstić information content (AvgIpc) is 2.10. The van der Waals surface area contributed by atoms with Gasteiger partial charge in [0.1, 0.15) is 0 Å². The highest BCUT2D eigenvalue weighted by Crippen LogP contribution is 2.20. The quantitative estimate of drug-likeness (QED) is 0.484. The van der Waals surface area contributed by atoms with Crippen LogP contribution in [0.1, 0.15) is 5.56 Å². The van der Waals surface area contributed by atoms with Crippen molar-refractivity contribution >= 4 is 12.6 Å². The van der Waals surface area contributed by atoms with Crippen molar-refractivity contribution in [3.63, 3.8) is 0 Å². The van der Waals surface area contributed by atoms with Crippen LogP contribution in [0.4, 0.5) is 8.78 Å². The van der Waals surface area contributed by atoms with Crippen molar-refractivity contribution in [3.05, 3.63) is 29.3 Å². The van der Waals surface area contributed by atoms with E-state index in [9.17, 15) is 8.78 Å². The topological polar surface area (TPSA) is 20.2 Å². The molecule has 1 aromatic rings. The highest BCUT2D eigenvalue weighted by molar-refractivity contribution is 7.80. The van der Waals surface area contributed by atoms with Gasteiger partial charge in [0, 0.05) is 5.56 Å². The van der Waals surface area contributed by atoms with Crippen LogP contribution in [0.2, 0.25) is 0 Å². The normalized spacial score (nSPS) is 9.15. The molecule has 0 aromatic heterocycles. The van der Waals surface area contributed by atoms with Crippen molar-refractivity contribution in [2.75, 3.05) is 5.75 Å². The Hall–Kier alpha value is -1.21. The molecule has 1 nitrogen and oxygen atoms in total. The molecule has 0 unspecified atom stereocenters. The minimum absolute atomic E-state index is 0.182. The standard InChI is InChI=1S/C9H6F2OS/c10-7-4-6(2-1-3-13)5-8(11)9(7)12/h4-5,12-13H,3H2. The molecule has 0 aliphatic heterocycles. The SMILES string of the molecule is Oc1c(F)cc(C#CCS)cc1F. The highest BCUT2D eigenvalue weighted by atomic mass is 32.1. The van der Waals surface area contributed by atoms with Crippen LogP contribution in [0.5, 0.6) is 5.75 Å². The van der Waals surface area contributed by atoms with Crippen LogP contribution < -0.4 is 0 Å². The van der Waals surface area contributed by atoms with Crippen molar-refractivity contribution in [1.29, 1.82) is 0 Å². The average molecular weight is 200 g/mol. The first kappa shape index (κ1) is 9.87. The van der Waals surface area contributed by atoms with E-state index < -0.39 is 17.4 Å². The molecule has 0 bridgehead atoms. The van der Waals surface area contributed by atoms with Gasteiger partial charge in [-0.1, -0.05) is 11.8 Å². The van der Waals surface area contributed by atoms with Gasteiger partial charge in [0.2, 0.25) is 0 Å². The zero-order valence-electron chi connectivity index (χ0n) is 6.51. The molecule has 1 aromatic carbocycles. The predicted molar refractivity (Wildman–Crippen MR) is 48.8 cm³/mol. The molecule has 0 aliphatic rings. The molecular weight excluding hydrogens is 194 g/mol. The summed E-state index contributed by atoms with van der Waals surface area (Å²) in [6.07, 6.45) is 0. The second kappa shape index (κ2) is 4.15. The van der Waals surface area contributed by atoms with Crippen LogP contribution in [0.25, 0.3) is 0 Å². The van der Waals surface area contributed by atoms with E-state index in [1.165, 1.54) is 0 Å². The Morgan fingerprint density at radius 1 is 1.31 bits per heavy atom. The summed E-state index contributed by atoms with van der Waals surface area (Å²) >= 11 is 3.81. The maximum Gasteiger partial charge on any atom is 0.187 e. The number of hydrogen-bond donors (Lipinski definition) is 2. The molecule has 0 fully saturated rings. The van der Waals surface area contributed by atoms with Gasteiger partial charge in [-0.3, -0.25) is 0 Å². The molecule has 0 atom stereocenters. The Kier molecular flexibility index (Phi) is 3.15. The Morgan fingerprint density at radius 3 is 2.31 bits per heavy atom. The van der Waals surface area contributed by atoms with Gasteiger partial charge in [-0.05, 0) is 12.1 Å². The summed E-state index contributed by atoms with van der Waals surface area (Å²) in [5, 5.41) is 8.74. The summed E-state index contributed by atoms with van der Waals surface area (Å²) < 4.78 is 25.4. The third kappa shape index (κ3) is 2.36. The fourth-order valence-electron chi connectivity index (χ4n) is 0.779. The van der Waals surface area contributed by atoms with E-state index in [1.807, 2.05) is 0 Å². The first-order valence-corrected chi connectivity index (χ1v) is 4.06. The summed E-state index contributed by atoms with van der Waals surface area (Å²) in [5.74, 6) is 2.34. The Balaban J connectivity index is 3.13. The molecule has 68 valence electrons.